The minimum Gasteiger partial charge on any atom is -0.508 e. The molecule has 0 aromatic heterocycles. The molecule has 9 heteroatoms. The zero-order chi connectivity index (χ0) is 37.5. The molecule has 4 aromatic rings. The molecule has 0 radical (unpaired) electrons. The van der Waals surface area contributed by atoms with Crippen molar-refractivity contribution in [2.45, 2.75) is 73.8 Å². The molecule has 1 aliphatic carbocycles. The number of ether oxygens (including phenoxy) is 1. The Morgan fingerprint density at radius 2 is 1.56 bits per heavy atom. The smallest absolute Gasteiger partial charge is 0.324 e. The number of benzene rings is 4. The number of phenols is 1. The van der Waals surface area contributed by atoms with Crippen molar-refractivity contribution < 1.29 is 29.3 Å². The Kier molecular flexibility index (Phi) is 9.34. The molecule has 6 atom stereocenters. The van der Waals surface area contributed by atoms with Crippen LogP contribution in [0.25, 0.3) is 0 Å². The van der Waals surface area contributed by atoms with Crippen LogP contribution in [0, 0.1) is 17.8 Å². The van der Waals surface area contributed by atoms with Crippen LogP contribution in [0.3, 0.4) is 0 Å². The highest BCUT2D eigenvalue weighted by atomic mass is 16.6. The molecule has 274 valence electrons. The van der Waals surface area contributed by atoms with Crippen molar-refractivity contribution in [2.24, 2.45) is 5.92 Å². The molecule has 4 N–H and O–H groups in total. The van der Waals surface area contributed by atoms with Crippen LogP contribution < -0.4 is 10.6 Å². The molecule has 8 rings (SSSR count). The number of morpholine rings is 1. The summed E-state index contributed by atoms with van der Waals surface area (Å²) in [7, 11) is 0. The zero-order valence-electron chi connectivity index (χ0n) is 29.9. The van der Waals surface area contributed by atoms with Crippen molar-refractivity contribution in [3.8, 4) is 17.6 Å². The molecule has 3 fully saturated rings. The van der Waals surface area contributed by atoms with E-state index in [0.717, 1.165) is 36.8 Å². The van der Waals surface area contributed by atoms with E-state index in [0.29, 0.717) is 35.2 Å². The van der Waals surface area contributed by atoms with Gasteiger partial charge in [0, 0.05) is 17.8 Å². The van der Waals surface area contributed by atoms with E-state index in [1.54, 1.807) is 36.4 Å². The summed E-state index contributed by atoms with van der Waals surface area (Å²) in [6, 6.07) is 28.5. The summed E-state index contributed by atoms with van der Waals surface area (Å²) < 4.78 is 6.42. The van der Waals surface area contributed by atoms with Gasteiger partial charge in [0.05, 0.1) is 18.0 Å². The fraction of sp³-hybridized carbons (Fsp3) is 0.311. The Morgan fingerprint density at radius 3 is 2.22 bits per heavy atom. The number of aliphatic hydroxyl groups is 1. The highest BCUT2D eigenvalue weighted by Crippen LogP contribution is 2.64. The van der Waals surface area contributed by atoms with Gasteiger partial charge in [-0.3, -0.25) is 19.3 Å². The van der Waals surface area contributed by atoms with Gasteiger partial charge in [0.1, 0.15) is 28.9 Å². The maximum Gasteiger partial charge on any atom is 0.324 e. The van der Waals surface area contributed by atoms with Gasteiger partial charge in [0.2, 0.25) is 11.8 Å². The van der Waals surface area contributed by atoms with Gasteiger partial charge in [-0.2, -0.15) is 0 Å². The predicted molar refractivity (Wildman–Crippen MR) is 204 cm³/mol. The van der Waals surface area contributed by atoms with E-state index in [1.807, 2.05) is 77.7 Å². The molecule has 9 nitrogen and oxygen atoms in total. The fourth-order valence-electron chi connectivity index (χ4n) is 9.24. The van der Waals surface area contributed by atoms with Crippen molar-refractivity contribution >= 4 is 23.5 Å². The number of carbonyl (C=O) groups excluding carboxylic acids is 3. The van der Waals surface area contributed by atoms with Crippen LogP contribution in [0.5, 0.6) is 5.75 Å². The molecule has 0 bridgehead atoms. The standard InChI is InChI=1S/C45H43N3O6/c1-2-27-46-41(50)36-38-42(51)54-39(31-15-9-6-10-16-31)37(30-13-7-5-8-14-30)48(38)40(32-18-20-33(49)21-19-32)45(36)34-28-29(17-22-35(34)47-43(45)52)23-26-44(53)24-11-3-4-12-25-44/h2,5-10,13-22,28,36-40,49,53H,1,3-4,11-12,24-25,27H2,(H,46,50)(H,47,52)/t36-,37-,38-,39+,40+,45-/m1/s1. The first-order chi connectivity index (χ1) is 26.2. The lowest BCUT2D eigenvalue weighted by Gasteiger charge is -2.46. The third-order valence-corrected chi connectivity index (χ3v) is 11.6. The maximum atomic E-state index is 15.1. The molecule has 3 heterocycles. The van der Waals surface area contributed by atoms with Crippen molar-refractivity contribution in [3.05, 3.63) is 144 Å². The number of nitrogens with zero attached hydrogens (tertiary/aromatic N) is 1. The molecule has 54 heavy (non-hydrogen) atoms. The van der Waals surface area contributed by atoms with Crippen molar-refractivity contribution in [2.75, 3.05) is 11.9 Å². The second kappa shape index (κ2) is 14.3. The van der Waals surface area contributed by atoms with Crippen LogP contribution in [-0.2, 0) is 24.5 Å². The van der Waals surface area contributed by atoms with E-state index >= 15 is 4.79 Å². The van der Waals surface area contributed by atoms with Gasteiger partial charge in [-0.25, -0.2) is 0 Å². The summed E-state index contributed by atoms with van der Waals surface area (Å²) >= 11 is 0. The Balaban J connectivity index is 1.39. The number of nitrogens with one attached hydrogen (secondary N) is 2. The molecular weight excluding hydrogens is 679 g/mol. The Labute approximate surface area is 315 Å². The average molecular weight is 722 g/mol. The highest BCUT2D eigenvalue weighted by Gasteiger charge is 2.74. The number of carbonyl (C=O) groups is 3. The van der Waals surface area contributed by atoms with Crippen LogP contribution in [0.4, 0.5) is 5.69 Å². The number of anilines is 1. The Morgan fingerprint density at radius 1 is 0.889 bits per heavy atom. The number of fused-ring (bicyclic) bond motifs is 3. The van der Waals surface area contributed by atoms with Gasteiger partial charge < -0.3 is 25.6 Å². The monoisotopic (exact) mass is 721 g/mol. The summed E-state index contributed by atoms with van der Waals surface area (Å²) in [6.07, 6.45) is 5.85. The predicted octanol–water partition coefficient (Wildman–Crippen LogP) is 6.40. The number of aromatic hydroxyl groups is 1. The lowest BCUT2D eigenvalue weighted by molar-refractivity contribution is -0.178. The molecule has 3 aliphatic heterocycles. The van der Waals surface area contributed by atoms with E-state index in [-0.39, 0.29) is 12.3 Å². The number of hydrogen-bond acceptors (Lipinski definition) is 7. The van der Waals surface area contributed by atoms with Gasteiger partial charge in [-0.15, -0.1) is 6.58 Å². The van der Waals surface area contributed by atoms with Gasteiger partial charge in [0.15, 0.2) is 0 Å². The Bertz CT molecular complexity index is 2130. The molecular formula is C45H43N3O6. The summed E-state index contributed by atoms with van der Waals surface area (Å²) in [5, 5.41) is 27.9. The maximum absolute atomic E-state index is 15.1. The number of phenolic OH excluding ortho intramolecular Hbond substituents is 1. The summed E-state index contributed by atoms with van der Waals surface area (Å²) in [5.74, 6) is 3.58. The minimum absolute atomic E-state index is 0.0349. The normalized spacial score (nSPS) is 27.0. The topological polar surface area (TPSA) is 128 Å². The lowest BCUT2D eigenvalue weighted by Crippen LogP contribution is -2.54. The van der Waals surface area contributed by atoms with Gasteiger partial charge in [0.25, 0.3) is 0 Å². The first-order valence-corrected chi connectivity index (χ1v) is 18.7. The molecule has 4 aliphatic rings. The molecule has 2 saturated heterocycles. The van der Waals surface area contributed by atoms with Crippen LogP contribution in [0.15, 0.2) is 116 Å². The van der Waals surface area contributed by atoms with Gasteiger partial charge in [-0.1, -0.05) is 104 Å². The SMILES string of the molecule is C=CCNC(=O)[C@H]1[C@@H]2C(=O)O[C@@H](c3ccccc3)[C@@H](c3ccccc3)N2[C@@H](c2ccc(O)cc2)[C@]12C(=O)Nc1ccc(C#CC3(O)CCCCCC3)cc12. The quantitative estimate of drug-likeness (QED) is 0.0786. The minimum atomic E-state index is -1.67. The highest BCUT2D eigenvalue weighted by molar-refractivity contribution is 6.12. The number of hydrogen-bond donors (Lipinski definition) is 4. The van der Waals surface area contributed by atoms with Gasteiger partial charge >= 0.3 is 5.97 Å². The Hall–Kier alpha value is -5.69. The molecule has 0 unspecified atom stereocenters. The first kappa shape index (κ1) is 35.3. The third kappa shape index (κ3) is 5.96. The summed E-state index contributed by atoms with van der Waals surface area (Å²) in [4.78, 5) is 46.6. The molecule has 2 amide bonds. The van der Waals surface area contributed by atoms with E-state index in [4.69, 9.17) is 4.74 Å². The second-order valence-electron chi connectivity index (χ2n) is 14.8. The van der Waals surface area contributed by atoms with E-state index in [2.05, 4.69) is 29.1 Å². The number of cyclic esters (lactones) is 1. The van der Waals surface area contributed by atoms with E-state index < -0.39 is 58.9 Å². The molecule has 1 spiro atoms. The van der Waals surface area contributed by atoms with Crippen molar-refractivity contribution in [1.29, 1.82) is 0 Å². The molecule has 4 aromatic carbocycles. The number of amides is 2. The molecule has 1 saturated carbocycles. The van der Waals surface area contributed by atoms with Crippen molar-refractivity contribution in [3.63, 3.8) is 0 Å². The van der Waals surface area contributed by atoms with Crippen LogP contribution in [-0.4, -0.2) is 51.1 Å². The zero-order valence-corrected chi connectivity index (χ0v) is 29.9. The van der Waals surface area contributed by atoms with E-state index in [9.17, 15) is 19.8 Å². The third-order valence-electron chi connectivity index (χ3n) is 11.6. The summed E-state index contributed by atoms with van der Waals surface area (Å²) in [6.45, 7) is 3.90. The fourth-order valence-corrected chi connectivity index (χ4v) is 9.24. The van der Waals surface area contributed by atoms with Crippen LogP contribution in [0.2, 0.25) is 0 Å². The lowest BCUT2D eigenvalue weighted by atomic mass is 9.65. The van der Waals surface area contributed by atoms with E-state index in [1.165, 1.54) is 0 Å². The van der Waals surface area contributed by atoms with Crippen molar-refractivity contribution in [1.82, 2.24) is 10.2 Å². The number of rotatable bonds is 6. The van der Waals surface area contributed by atoms with Crippen LogP contribution >= 0.6 is 0 Å². The second-order valence-corrected chi connectivity index (χ2v) is 14.8. The number of esters is 1. The van der Waals surface area contributed by atoms with Gasteiger partial charge in [-0.05, 0) is 78.3 Å². The average Bonchev–Trinajstić information content (AvgIpc) is 3.55. The largest absolute Gasteiger partial charge is 0.508 e. The first-order valence-electron chi connectivity index (χ1n) is 18.7. The summed E-state index contributed by atoms with van der Waals surface area (Å²) in [5.41, 5.74) is 1.05. The van der Waals surface area contributed by atoms with Crippen LogP contribution in [0.1, 0.15) is 84.5 Å².